The van der Waals surface area contributed by atoms with Crippen molar-refractivity contribution in [3.05, 3.63) is 46.5 Å². The van der Waals surface area contributed by atoms with E-state index in [1.165, 1.54) is 6.07 Å². The first-order valence-corrected chi connectivity index (χ1v) is 10.8. The van der Waals surface area contributed by atoms with Gasteiger partial charge in [0, 0.05) is 49.4 Å². The molecule has 3 heterocycles. The smallest absolute Gasteiger partial charge is 0.269 e. The molecule has 32 heavy (non-hydrogen) atoms. The number of nitrogens with zero attached hydrogens (tertiary/aromatic N) is 3. The van der Waals surface area contributed by atoms with Gasteiger partial charge in [-0.05, 0) is 24.6 Å². The number of pyridine rings is 1. The number of fused-ring (bicyclic) bond motifs is 1. The third-order valence-corrected chi connectivity index (χ3v) is 6.08. The second kappa shape index (κ2) is 9.30. The largest absolute Gasteiger partial charge is 0.372 e. The molecule has 2 aliphatic heterocycles. The van der Waals surface area contributed by atoms with Gasteiger partial charge in [0.25, 0.3) is 5.91 Å². The topological polar surface area (TPSA) is 89.6 Å². The lowest BCUT2D eigenvalue weighted by atomic mass is 10.1. The van der Waals surface area contributed by atoms with Gasteiger partial charge < -0.3 is 20.9 Å². The summed E-state index contributed by atoms with van der Waals surface area (Å²) < 4.78 is 36.5. The summed E-state index contributed by atoms with van der Waals surface area (Å²) >= 11 is 6.29. The van der Waals surface area contributed by atoms with E-state index in [0.717, 1.165) is 0 Å². The molecule has 0 spiro atoms. The molecular weight excluding hydrogens is 435 g/mol. The van der Waals surface area contributed by atoms with Crippen molar-refractivity contribution in [2.75, 3.05) is 48.7 Å². The standard InChI is InChI=1S/C22H26ClFN6O2/c1-3-14-22(32)28-19-15(26-14)5-4-13(18(19)24)12-29-8-10-30(11-9-29)17-7-6-16(21(31)25-2)27-20(17)23/h4-7,14,26H,3,8-12H2,1-2H3,(H,25,31)(H,28,32)/i2D3. The van der Waals surface area contributed by atoms with Gasteiger partial charge in [-0.15, -0.1) is 0 Å². The van der Waals surface area contributed by atoms with Crippen LogP contribution in [0.2, 0.25) is 5.15 Å². The average molecular weight is 464 g/mol. The van der Waals surface area contributed by atoms with Gasteiger partial charge in [0.15, 0.2) is 11.0 Å². The van der Waals surface area contributed by atoms with Gasteiger partial charge in [-0.2, -0.15) is 0 Å². The number of aromatic nitrogens is 1. The Balaban J connectivity index is 1.38. The van der Waals surface area contributed by atoms with Gasteiger partial charge in [-0.1, -0.05) is 24.6 Å². The summed E-state index contributed by atoms with van der Waals surface area (Å²) in [7, 11) is 0. The van der Waals surface area contributed by atoms with Crippen LogP contribution in [0, 0.1) is 5.82 Å². The molecule has 0 aliphatic carbocycles. The summed E-state index contributed by atoms with van der Waals surface area (Å²) in [5.74, 6) is -1.50. The summed E-state index contributed by atoms with van der Waals surface area (Å²) in [4.78, 5) is 32.3. The molecule has 2 aliphatic rings. The Morgan fingerprint density at radius 3 is 2.78 bits per heavy atom. The lowest BCUT2D eigenvalue weighted by Gasteiger charge is -2.36. The van der Waals surface area contributed by atoms with Crippen LogP contribution in [0.25, 0.3) is 0 Å². The highest BCUT2D eigenvalue weighted by atomic mass is 35.5. The first kappa shape index (κ1) is 18.6. The first-order chi connectivity index (χ1) is 16.6. The number of nitrogens with one attached hydrogen (secondary N) is 3. The van der Waals surface area contributed by atoms with Crippen LogP contribution in [0.1, 0.15) is 33.5 Å². The predicted octanol–water partition coefficient (Wildman–Crippen LogP) is 2.70. The van der Waals surface area contributed by atoms with Gasteiger partial charge in [-0.25, -0.2) is 9.37 Å². The molecule has 1 atom stereocenters. The second-order valence-corrected chi connectivity index (χ2v) is 8.14. The van der Waals surface area contributed by atoms with Crippen molar-refractivity contribution in [1.82, 2.24) is 15.2 Å². The number of piperazine rings is 1. The minimum Gasteiger partial charge on any atom is -0.372 e. The molecule has 170 valence electrons. The highest BCUT2D eigenvalue weighted by Gasteiger charge is 2.28. The van der Waals surface area contributed by atoms with Crippen molar-refractivity contribution < 1.29 is 18.1 Å². The number of anilines is 3. The molecule has 1 aromatic heterocycles. The predicted molar refractivity (Wildman–Crippen MR) is 123 cm³/mol. The molecular formula is C22H26ClFN6O2. The number of carbonyl (C=O) groups is 2. The van der Waals surface area contributed by atoms with Crippen molar-refractivity contribution >= 4 is 40.5 Å². The highest BCUT2D eigenvalue weighted by Crippen LogP contribution is 2.33. The van der Waals surface area contributed by atoms with E-state index in [0.29, 0.717) is 56.1 Å². The molecule has 3 N–H and O–H groups in total. The zero-order valence-corrected chi connectivity index (χ0v) is 18.3. The van der Waals surface area contributed by atoms with Crippen LogP contribution in [0.3, 0.4) is 0 Å². The first-order valence-electron chi connectivity index (χ1n) is 11.9. The van der Waals surface area contributed by atoms with Crippen LogP contribution in [-0.2, 0) is 11.3 Å². The number of hydrogen-bond donors (Lipinski definition) is 3. The van der Waals surface area contributed by atoms with Gasteiger partial charge in [0.05, 0.1) is 11.4 Å². The summed E-state index contributed by atoms with van der Waals surface area (Å²) in [5.41, 5.74) is 1.83. The fourth-order valence-electron chi connectivity index (χ4n) is 3.98. The molecule has 2 amide bonds. The number of carbonyl (C=O) groups excluding carboxylic acids is 2. The van der Waals surface area contributed by atoms with Crippen molar-refractivity contribution in [2.24, 2.45) is 0 Å². The number of hydrogen-bond acceptors (Lipinski definition) is 6. The van der Waals surface area contributed by atoms with E-state index in [2.05, 4.69) is 20.5 Å². The fourth-order valence-corrected chi connectivity index (χ4v) is 4.25. The molecule has 0 radical (unpaired) electrons. The minimum atomic E-state index is -2.61. The van der Waals surface area contributed by atoms with E-state index < -0.39 is 18.7 Å². The lowest BCUT2D eigenvalue weighted by Crippen LogP contribution is -2.46. The van der Waals surface area contributed by atoms with Crippen LogP contribution in [0.4, 0.5) is 21.5 Å². The SMILES string of the molecule is [2H]C([2H])([2H])NC(=O)c1ccc(N2CCN(Cc3ccc4c(c3F)NC(=O)C(CC)N4)CC2)c(Cl)n1. The van der Waals surface area contributed by atoms with Crippen molar-refractivity contribution in [3.63, 3.8) is 0 Å². The fraction of sp³-hybridized carbons (Fsp3) is 0.409. The Hall–Kier alpha value is -2.91. The second-order valence-electron chi connectivity index (χ2n) is 7.78. The van der Waals surface area contributed by atoms with Gasteiger partial charge in [0.2, 0.25) is 5.91 Å². The Bertz CT molecular complexity index is 1140. The lowest BCUT2D eigenvalue weighted by molar-refractivity contribution is -0.117. The maximum absolute atomic E-state index is 15.1. The van der Waals surface area contributed by atoms with Crippen LogP contribution >= 0.6 is 11.6 Å². The normalized spacial score (nSPS) is 20.3. The zero-order valence-electron chi connectivity index (χ0n) is 20.5. The number of halogens is 2. The van der Waals surface area contributed by atoms with Crippen molar-refractivity contribution in [3.8, 4) is 0 Å². The van der Waals surface area contributed by atoms with Gasteiger partial charge in [-0.3, -0.25) is 14.5 Å². The van der Waals surface area contributed by atoms with E-state index in [4.69, 9.17) is 15.7 Å². The Labute approximate surface area is 195 Å². The molecule has 2 aromatic rings. The summed E-state index contributed by atoms with van der Waals surface area (Å²) in [6, 6.07) is 6.24. The molecule has 0 bridgehead atoms. The summed E-state index contributed by atoms with van der Waals surface area (Å²) in [6.45, 7) is 2.14. The third-order valence-electron chi connectivity index (χ3n) is 5.81. The van der Waals surface area contributed by atoms with Crippen molar-refractivity contribution in [2.45, 2.75) is 25.9 Å². The van der Waals surface area contributed by atoms with Gasteiger partial charge >= 0.3 is 0 Å². The zero-order chi connectivity index (χ0) is 25.3. The van der Waals surface area contributed by atoms with Crippen LogP contribution in [0.15, 0.2) is 24.3 Å². The van der Waals surface area contributed by atoms with Gasteiger partial charge in [0.1, 0.15) is 17.4 Å². The highest BCUT2D eigenvalue weighted by molar-refractivity contribution is 6.32. The molecule has 1 unspecified atom stereocenters. The molecule has 1 fully saturated rings. The Morgan fingerprint density at radius 2 is 2.09 bits per heavy atom. The Morgan fingerprint density at radius 1 is 1.31 bits per heavy atom. The van der Waals surface area contributed by atoms with Crippen LogP contribution in [-0.4, -0.2) is 60.9 Å². The van der Waals surface area contributed by atoms with Crippen LogP contribution < -0.4 is 20.9 Å². The number of benzene rings is 1. The summed E-state index contributed by atoms with van der Waals surface area (Å²) in [6.07, 6.45) is 0.608. The van der Waals surface area contributed by atoms with E-state index in [-0.39, 0.29) is 28.5 Å². The number of rotatable bonds is 5. The average Bonchev–Trinajstić information content (AvgIpc) is 2.80. The molecule has 1 aromatic carbocycles. The maximum Gasteiger partial charge on any atom is 0.269 e. The molecule has 10 heteroatoms. The molecule has 1 saturated heterocycles. The van der Waals surface area contributed by atoms with E-state index in [9.17, 15) is 9.59 Å². The summed E-state index contributed by atoms with van der Waals surface area (Å²) in [5, 5.41) is 7.74. The molecule has 4 rings (SSSR count). The van der Waals surface area contributed by atoms with Crippen LogP contribution in [0.5, 0.6) is 0 Å². The quantitative estimate of drug-likeness (QED) is 0.591. The Kier molecular flexibility index (Phi) is 5.42. The minimum absolute atomic E-state index is 0.0803. The third kappa shape index (κ3) is 4.35. The maximum atomic E-state index is 15.1. The monoisotopic (exact) mass is 463 g/mol. The molecule has 0 saturated carbocycles. The van der Waals surface area contributed by atoms with E-state index >= 15 is 4.39 Å². The van der Waals surface area contributed by atoms with E-state index in [1.54, 1.807) is 18.2 Å². The number of amides is 2. The molecule has 8 nitrogen and oxygen atoms in total. The van der Waals surface area contributed by atoms with E-state index in [1.807, 2.05) is 17.1 Å². The van der Waals surface area contributed by atoms with Crippen molar-refractivity contribution in [1.29, 1.82) is 0 Å².